The fourth-order valence-electron chi connectivity index (χ4n) is 2.23. The van der Waals surface area contributed by atoms with Gasteiger partial charge in [0, 0.05) is 39.0 Å². The van der Waals surface area contributed by atoms with Gasteiger partial charge < -0.3 is 30.0 Å². The molecule has 1 aromatic carbocycles. The van der Waals surface area contributed by atoms with Gasteiger partial charge in [0.2, 0.25) is 0 Å². The minimum atomic E-state index is -0.590. The van der Waals surface area contributed by atoms with Crippen LogP contribution in [0.1, 0.15) is 0 Å². The molecule has 27 heavy (non-hydrogen) atoms. The quantitative estimate of drug-likeness (QED) is 0.452. The Hall–Kier alpha value is -2.98. The standard InChI is InChI=1S/C17H24BN5O4/c1-20-15-5-4-12(10-14(15)19)27-13-6-7-21-16(11-13)22-17(24)26-9-8-23(2)18-25-3/h4-7,10-11,18,20H,8-9,19H2,1-3H3,(H,21,22,24). The summed E-state index contributed by atoms with van der Waals surface area (Å²) in [6.45, 7) is 0.793. The van der Waals surface area contributed by atoms with Gasteiger partial charge in [0.25, 0.3) is 0 Å². The number of likely N-dealkylation sites (N-methyl/N-ethyl adjacent to an activating group) is 1. The summed E-state index contributed by atoms with van der Waals surface area (Å²) >= 11 is 0. The van der Waals surface area contributed by atoms with Crippen LogP contribution < -0.4 is 21.1 Å². The largest absolute Gasteiger partial charge is 0.457 e. The van der Waals surface area contributed by atoms with E-state index in [9.17, 15) is 4.79 Å². The first-order valence-corrected chi connectivity index (χ1v) is 8.34. The van der Waals surface area contributed by atoms with Crippen LogP contribution in [0.15, 0.2) is 36.5 Å². The monoisotopic (exact) mass is 373 g/mol. The van der Waals surface area contributed by atoms with Crippen LogP contribution in [-0.4, -0.2) is 57.9 Å². The van der Waals surface area contributed by atoms with E-state index in [1.165, 1.54) is 6.20 Å². The van der Waals surface area contributed by atoms with Gasteiger partial charge in [0.1, 0.15) is 23.9 Å². The van der Waals surface area contributed by atoms with Crippen molar-refractivity contribution in [1.29, 1.82) is 0 Å². The van der Waals surface area contributed by atoms with E-state index in [0.717, 1.165) is 5.69 Å². The zero-order valence-corrected chi connectivity index (χ0v) is 15.7. The van der Waals surface area contributed by atoms with E-state index in [2.05, 4.69) is 15.6 Å². The van der Waals surface area contributed by atoms with E-state index in [4.69, 9.17) is 19.9 Å². The third-order valence-electron chi connectivity index (χ3n) is 3.55. The summed E-state index contributed by atoms with van der Waals surface area (Å²) in [6.07, 6.45) is 0.941. The molecule has 1 amide bonds. The Morgan fingerprint density at radius 1 is 1.30 bits per heavy atom. The van der Waals surface area contributed by atoms with E-state index in [1.54, 1.807) is 38.4 Å². The second kappa shape index (κ2) is 10.2. The Morgan fingerprint density at radius 2 is 2.07 bits per heavy atom. The van der Waals surface area contributed by atoms with Gasteiger partial charge in [-0.15, -0.1) is 0 Å². The van der Waals surface area contributed by atoms with Crippen molar-refractivity contribution in [3.8, 4) is 11.5 Å². The van der Waals surface area contributed by atoms with Gasteiger partial charge in [-0.25, -0.2) is 9.78 Å². The van der Waals surface area contributed by atoms with Crippen molar-refractivity contribution in [3.05, 3.63) is 36.5 Å². The SMILES string of the molecule is CNc1ccc(Oc2ccnc(NC(=O)OCCN(C)BOC)c2)cc1N. The molecule has 0 atom stereocenters. The third kappa shape index (κ3) is 6.68. The lowest BCUT2D eigenvalue weighted by Gasteiger charge is -2.14. The first-order valence-electron chi connectivity index (χ1n) is 8.34. The van der Waals surface area contributed by atoms with Crippen LogP contribution in [0, 0.1) is 0 Å². The number of ether oxygens (including phenoxy) is 2. The smallest absolute Gasteiger partial charge is 0.412 e. The van der Waals surface area contributed by atoms with Crippen LogP contribution in [0.3, 0.4) is 0 Å². The number of pyridine rings is 1. The molecule has 0 fully saturated rings. The van der Waals surface area contributed by atoms with E-state index in [1.807, 2.05) is 17.9 Å². The van der Waals surface area contributed by atoms with Crippen molar-refractivity contribution in [1.82, 2.24) is 9.79 Å². The number of carbonyl (C=O) groups is 1. The number of nitrogen functional groups attached to an aromatic ring is 1. The number of hydrogen-bond donors (Lipinski definition) is 3. The van der Waals surface area contributed by atoms with Crippen LogP contribution in [0.5, 0.6) is 11.5 Å². The summed E-state index contributed by atoms with van der Waals surface area (Å²) < 4.78 is 15.8. The summed E-state index contributed by atoms with van der Waals surface area (Å²) in [5.74, 6) is 1.41. The highest BCUT2D eigenvalue weighted by Gasteiger charge is 2.08. The summed E-state index contributed by atoms with van der Waals surface area (Å²) in [5.41, 5.74) is 7.32. The number of rotatable bonds is 9. The molecule has 0 unspecified atom stereocenters. The zero-order chi connectivity index (χ0) is 19.6. The molecule has 10 heteroatoms. The van der Waals surface area contributed by atoms with Gasteiger partial charge in [-0.05, 0) is 25.2 Å². The maximum absolute atomic E-state index is 11.8. The first kappa shape index (κ1) is 20.3. The van der Waals surface area contributed by atoms with Crippen molar-refractivity contribution in [2.24, 2.45) is 0 Å². The number of benzene rings is 1. The predicted octanol–water partition coefficient (Wildman–Crippen LogP) is 1.89. The summed E-state index contributed by atoms with van der Waals surface area (Å²) in [6, 6.07) is 8.60. The maximum Gasteiger partial charge on any atom is 0.412 e. The number of nitrogens with two attached hydrogens (primary N) is 1. The van der Waals surface area contributed by atoms with Crippen LogP contribution in [0.25, 0.3) is 0 Å². The minimum Gasteiger partial charge on any atom is -0.457 e. The van der Waals surface area contributed by atoms with Crippen LogP contribution in [-0.2, 0) is 9.39 Å². The average Bonchev–Trinajstić information content (AvgIpc) is 2.62. The lowest BCUT2D eigenvalue weighted by Crippen LogP contribution is -2.29. The van der Waals surface area contributed by atoms with E-state index >= 15 is 0 Å². The molecule has 0 bridgehead atoms. The van der Waals surface area contributed by atoms with Crippen molar-refractivity contribution < 1.29 is 18.9 Å². The molecule has 0 aliphatic carbocycles. The van der Waals surface area contributed by atoms with Crippen molar-refractivity contribution in [2.45, 2.75) is 0 Å². The molecule has 0 aliphatic heterocycles. The number of anilines is 3. The molecule has 1 aromatic heterocycles. The van der Waals surface area contributed by atoms with Crippen LogP contribution in [0.2, 0.25) is 0 Å². The molecule has 0 saturated heterocycles. The van der Waals surface area contributed by atoms with E-state index in [-0.39, 0.29) is 6.61 Å². The molecule has 144 valence electrons. The van der Waals surface area contributed by atoms with E-state index < -0.39 is 6.09 Å². The van der Waals surface area contributed by atoms with Crippen molar-refractivity contribution >= 4 is 30.9 Å². The van der Waals surface area contributed by atoms with Gasteiger partial charge in [-0.1, -0.05) is 0 Å². The number of carbonyl (C=O) groups excluding carboxylic acids is 1. The van der Waals surface area contributed by atoms with Crippen molar-refractivity contribution in [3.63, 3.8) is 0 Å². The fraction of sp³-hybridized carbons (Fsp3) is 0.294. The third-order valence-corrected chi connectivity index (χ3v) is 3.55. The zero-order valence-electron chi connectivity index (χ0n) is 15.7. The second-order valence-electron chi connectivity index (χ2n) is 5.74. The molecule has 2 aromatic rings. The molecule has 0 spiro atoms. The summed E-state index contributed by atoms with van der Waals surface area (Å²) in [7, 11) is 5.73. The topological polar surface area (TPSA) is 111 Å². The number of aromatic nitrogens is 1. The summed E-state index contributed by atoms with van der Waals surface area (Å²) in [5, 5.41) is 5.55. The second-order valence-corrected chi connectivity index (χ2v) is 5.74. The van der Waals surface area contributed by atoms with Crippen LogP contribution in [0.4, 0.5) is 22.0 Å². The fourth-order valence-corrected chi connectivity index (χ4v) is 2.23. The molecule has 0 aliphatic rings. The van der Waals surface area contributed by atoms with E-state index in [0.29, 0.717) is 37.2 Å². The van der Waals surface area contributed by atoms with Crippen LogP contribution >= 0.6 is 0 Å². The summed E-state index contributed by atoms with van der Waals surface area (Å²) in [4.78, 5) is 17.8. The lowest BCUT2D eigenvalue weighted by atomic mass is 10.2. The highest BCUT2D eigenvalue weighted by molar-refractivity contribution is 6.23. The number of hydrogen-bond acceptors (Lipinski definition) is 8. The number of nitrogens with zero attached hydrogens (tertiary/aromatic N) is 2. The molecule has 9 nitrogen and oxygen atoms in total. The highest BCUT2D eigenvalue weighted by atomic mass is 16.5. The molecule has 0 saturated carbocycles. The maximum atomic E-state index is 11.8. The molecule has 0 radical (unpaired) electrons. The Labute approximate surface area is 159 Å². The van der Waals surface area contributed by atoms with Gasteiger partial charge in [0.15, 0.2) is 0 Å². The molecular weight excluding hydrogens is 349 g/mol. The first-order chi connectivity index (χ1) is 13.0. The minimum absolute atomic E-state index is 0.235. The molecule has 1 heterocycles. The highest BCUT2D eigenvalue weighted by Crippen LogP contribution is 2.28. The lowest BCUT2D eigenvalue weighted by molar-refractivity contribution is 0.155. The molecular formula is C17H24BN5O4. The van der Waals surface area contributed by atoms with Gasteiger partial charge in [-0.2, -0.15) is 0 Å². The predicted molar refractivity (Wildman–Crippen MR) is 106 cm³/mol. The van der Waals surface area contributed by atoms with Gasteiger partial charge in [-0.3, -0.25) is 5.32 Å². The number of nitrogens with one attached hydrogen (secondary N) is 2. The average molecular weight is 373 g/mol. The Bertz CT molecular complexity index is 762. The van der Waals surface area contributed by atoms with Crippen molar-refractivity contribution in [2.75, 3.05) is 50.7 Å². The Balaban J connectivity index is 1.89. The Morgan fingerprint density at radius 3 is 2.78 bits per heavy atom. The van der Waals surface area contributed by atoms with Gasteiger partial charge in [0.05, 0.1) is 11.4 Å². The normalized spacial score (nSPS) is 10.4. The van der Waals surface area contributed by atoms with Gasteiger partial charge >= 0.3 is 13.7 Å². The molecule has 2 rings (SSSR count). The molecule has 4 N–H and O–H groups in total. The Kier molecular flexibility index (Phi) is 7.71. The number of amides is 1.